The Kier molecular flexibility index (Phi) is 7.22. The quantitative estimate of drug-likeness (QED) is 0.146. The zero-order valence-corrected chi connectivity index (χ0v) is 37.8. The van der Waals surface area contributed by atoms with Crippen LogP contribution in [0.1, 0.15) is 43.5 Å². The Labute approximate surface area is 327 Å². The van der Waals surface area contributed by atoms with Crippen molar-refractivity contribution in [1.29, 1.82) is 0 Å². The van der Waals surface area contributed by atoms with Crippen LogP contribution >= 0.6 is 0 Å². The van der Waals surface area contributed by atoms with Gasteiger partial charge in [0, 0.05) is 0 Å². The van der Waals surface area contributed by atoms with E-state index in [4.69, 9.17) is 0 Å². The Bertz CT molecular complexity index is 2920. The molecule has 0 saturated carbocycles. The van der Waals surface area contributed by atoms with E-state index in [9.17, 15) is 0 Å². The van der Waals surface area contributed by atoms with Gasteiger partial charge in [0.05, 0.1) is 0 Å². The fourth-order valence-corrected chi connectivity index (χ4v) is 70.9. The van der Waals surface area contributed by atoms with Crippen LogP contribution in [-0.4, -0.2) is 6.94 Å². The molecule has 2 unspecified atom stereocenters. The molecule has 0 saturated heterocycles. The molecule has 0 spiro atoms. The fraction of sp³-hybridized carbons (Fsp3) is 0.111. The van der Waals surface area contributed by atoms with E-state index in [1.54, 1.807) is 0 Å². The van der Waals surface area contributed by atoms with Crippen molar-refractivity contribution in [1.82, 2.24) is 0 Å². The second-order valence-corrected chi connectivity index (χ2v) is 87.3. The summed E-state index contributed by atoms with van der Waals surface area (Å²) >= 11 is -6.20. The Morgan fingerprint density at radius 1 is 0.375 bits per heavy atom. The van der Waals surface area contributed by atoms with Gasteiger partial charge in [-0.3, -0.25) is 0 Å². The van der Waals surface area contributed by atoms with Crippen LogP contribution in [0.3, 0.4) is 0 Å². The average molecular weight is 904 g/mol. The van der Waals surface area contributed by atoms with Crippen LogP contribution in [0.25, 0.3) is 56.0 Å². The maximum atomic E-state index is 2.84. The second-order valence-electron chi connectivity index (χ2n) is 19.0. The molecule has 2 aliphatic carbocycles. The zero-order chi connectivity index (χ0) is 38.4. The fourth-order valence-electron chi connectivity index (χ4n) is 13.1. The molecule has 8 aromatic rings. The number of hydrogen-bond acceptors (Lipinski definition) is 0. The van der Waals surface area contributed by atoms with Gasteiger partial charge in [0.15, 0.2) is 0 Å². The van der Waals surface area contributed by atoms with Crippen LogP contribution in [0, 0.1) is 0 Å². The molecule has 0 fully saturated rings. The number of hydrogen-bond donors (Lipinski definition) is 0. The molecule has 0 nitrogen and oxygen atoms in total. The van der Waals surface area contributed by atoms with Crippen LogP contribution in [0.15, 0.2) is 193 Å². The van der Waals surface area contributed by atoms with E-state index in [2.05, 4.69) is 224 Å². The van der Waals surface area contributed by atoms with Crippen molar-refractivity contribution in [3.05, 3.63) is 215 Å². The molecular formula is C54H48HfSi. The number of fused-ring (bicyclic) bond motifs is 4. The Morgan fingerprint density at radius 2 is 0.714 bits per heavy atom. The molecule has 0 heterocycles. The molecule has 2 aliphatic rings. The van der Waals surface area contributed by atoms with Crippen molar-refractivity contribution < 1.29 is 14.2 Å². The molecule has 8 aromatic carbocycles. The molecule has 2 heteroatoms. The summed E-state index contributed by atoms with van der Waals surface area (Å²) in [7, 11) is 0. The summed E-state index contributed by atoms with van der Waals surface area (Å²) in [6.07, 6.45) is 5.14. The van der Waals surface area contributed by atoms with Crippen molar-refractivity contribution in [3.8, 4) is 22.3 Å². The zero-order valence-electron chi connectivity index (χ0n) is 32.8. The van der Waals surface area contributed by atoms with Gasteiger partial charge in [-0.25, -0.2) is 0 Å². The minimum absolute atomic E-state index is 0.146. The molecule has 0 N–H and O–H groups in total. The van der Waals surface area contributed by atoms with Crippen molar-refractivity contribution in [2.75, 3.05) is 0 Å². The van der Waals surface area contributed by atoms with Crippen molar-refractivity contribution in [3.63, 3.8) is 0 Å². The standard InChI is InChI=1S/2C20H15.2C6H5.2CH3.Hf.H2Si/c2*1-14-12-16-8-5-11-19(20(16)13-14)18-10-4-7-15-6-2-3-9-17(15)18;2*1-2-4-6-5-3-1;;;;/h2*2-13H,1H3;2*1-5H;2*1H3;;1H2. The third-order valence-corrected chi connectivity index (χ3v) is 72.4. The number of rotatable bonds is 6. The van der Waals surface area contributed by atoms with E-state index in [0.717, 1.165) is 0 Å². The van der Waals surface area contributed by atoms with E-state index in [-0.39, 0.29) is 7.35 Å². The first-order valence-electron chi connectivity index (χ1n) is 20.2. The Balaban J connectivity index is 1.35. The second kappa shape index (κ2) is 11.5. The van der Waals surface area contributed by atoms with E-state index in [0.29, 0.717) is 0 Å². The normalized spacial score (nSPS) is 18.2. The summed E-state index contributed by atoms with van der Waals surface area (Å²) < 4.78 is 8.99. The molecule has 272 valence electrons. The summed E-state index contributed by atoms with van der Waals surface area (Å²) in [6.45, 7) is 7.35. The van der Waals surface area contributed by atoms with Crippen molar-refractivity contribution in [2.24, 2.45) is 0 Å². The average Bonchev–Trinajstić information content (AvgIpc) is 3.79. The summed E-state index contributed by atoms with van der Waals surface area (Å²) in [5, 5.41) is 5.15. The predicted molar refractivity (Wildman–Crippen MR) is 244 cm³/mol. The molecule has 0 bridgehead atoms. The molecule has 0 aromatic heterocycles. The number of allylic oxidation sites excluding steroid dienone is 2. The van der Waals surface area contributed by atoms with Gasteiger partial charge >= 0.3 is 330 Å². The van der Waals surface area contributed by atoms with Gasteiger partial charge in [-0.2, -0.15) is 0 Å². The van der Waals surface area contributed by atoms with Gasteiger partial charge in [0.2, 0.25) is 0 Å². The SMILES string of the molecule is CC1=Cc2c(-c3cccc4ccccc34)cccc2[CH]1[Hf]([CH3])([CH3])(=[SiH2])([c]1ccccc1)([c]1ccccc1)[CH]1C(C)=Cc2c(-c3cccc4ccccc34)cccc21. The van der Waals surface area contributed by atoms with Gasteiger partial charge in [-0.05, 0) is 0 Å². The monoisotopic (exact) mass is 904 g/mol. The minimum atomic E-state index is -6.20. The van der Waals surface area contributed by atoms with E-state index in [1.807, 2.05) is 0 Å². The first kappa shape index (κ1) is 35.3. The number of benzene rings is 8. The molecule has 0 amide bonds. The Hall–Kier alpha value is -5.15. The summed E-state index contributed by atoms with van der Waals surface area (Å²) in [4.78, 5) is 0. The van der Waals surface area contributed by atoms with Gasteiger partial charge in [0.1, 0.15) is 0 Å². The van der Waals surface area contributed by atoms with Gasteiger partial charge in [-0.15, -0.1) is 0 Å². The van der Waals surface area contributed by atoms with Crippen LogP contribution in [0.2, 0.25) is 9.36 Å². The third-order valence-electron chi connectivity index (χ3n) is 15.3. The van der Waals surface area contributed by atoms with Gasteiger partial charge in [-0.1, -0.05) is 0 Å². The molecule has 56 heavy (non-hydrogen) atoms. The first-order chi connectivity index (χ1) is 27.0. The first-order valence-corrected chi connectivity index (χ1v) is 43.4. The Morgan fingerprint density at radius 3 is 1.14 bits per heavy atom. The molecule has 0 aliphatic heterocycles. The summed E-state index contributed by atoms with van der Waals surface area (Å²) in [5.41, 5.74) is 13.8. The summed E-state index contributed by atoms with van der Waals surface area (Å²) in [6, 6.07) is 69.2. The van der Waals surface area contributed by atoms with Crippen LogP contribution in [0.5, 0.6) is 0 Å². The van der Waals surface area contributed by atoms with Gasteiger partial charge in [0.25, 0.3) is 0 Å². The topological polar surface area (TPSA) is 0 Å². The third kappa shape index (κ3) is 4.32. The maximum absolute atomic E-state index is 6.20. The van der Waals surface area contributed by atoms with Gasteiger partial charge < -0.3 is 0 Å². The molecule has 2 atom stereocenters. The van der Waals surface area contributed by atoms with E-state index in [1.165, 1.54) is 83.8 Å². The molecule has 10 rings (SSSR count). The van der Waals surface area contributed by atoms with E-state index >= 15 is 0 Å². The van der Waals surface area contributed by atoms with Crippen LogP contribution < -0.4 is 6.64 Å². The molecular weight excluding hydrogens is 855 g/mol. The van der Waals surface area contributed by atoms with Crippen LogP contribution in [-0.2, 0) is 14.2 Å². The predicted octanol–water partition coefficient (Wildman–Crippen LogP) is 13.0. The summed E-state index contributed by atoms with van der Waals surface area (Å²) in [5.74, 6) is 0. The van der Waals surface area contributed by atoms with Crippen molar-refractivity contribution >= 4 is 47.3 Å². The van der Waals surface area contributed by atoms with Crippen LogP contribution in [0.4, 0.5) is 0 Å². The van der Waals surface area contributed by atoms with E-state index < -0.39 is 14.2 Å². The van der Waals surface area contributed by atoms with Crippen molar-refractivity contribution in [2.45, 2.75) is 30.6 Å². The molecule has 0 radical (unpaired) electrons.